The molecule has 2 aromatic carbocycles. The fourth-order valence-corrected chi connectivity index (χ4v) is 2.79. The van der Waals surface area contributed by atoms with E-state index in [-0.39, 0.29) is 36.2 Å². The number of amides is 2. The molecule has 148 valence electrons. The lowest BCUT2D eigenvalue weighted by molar-refractivity contribution is -0.115. The van der Waals surface area contributed by atoms with Gasteiger partial charge in [0.25, 0.3) is 5.91 Å². The summed E-state index contributed by atoms with van der Waals surface area (Å²) in [6.45, 7) is 1.86. The van der Waals surface area contributed by atoms with Gasteiger partial charge >= 0.3 is 0 Å². The number of benzene rings is 2. The minimum Gasteiger partial charge on any atom is -0.494 e. The molecule has 2 amide bonds. The number of anilines is 1. The van der Waals surface area contributed by atoms with Crippen molar-refractivity contribution in [1.82, 2.24) is 10.6 Å². The third kappa shape index (κ3) is 5.07. The van der Waals surface area contributed by atoms with E-state index in [1.807, 2.05) is 6.92 Å². The fraction of sp³-hybridized carbons (Fsp3) is 0.333. The van der Waals surface area contributed by atoms with Crippen LogP contribution in [0.1, 0.15) is 41.7 Å². The number of ether oxygens (including phenoxy) is 1. The van der Waals surface area contributed by atoms with E-state index < -0.39 is 5.82 Å². The van der Waals surface area contributed by atoms with Crippen LogP contribution in [0.15, 0.2) is 42.5 Å². The number of halogens is 1. The number of para-hydroxylation sites is 1. The third-order valence-corrected chi connectivity index (χ3v) is 4.60. The van der Waals surface area contributed by atoms with Gasteiger partial charge in [0, 0.05) is 12.1 Å². The van der Waals surface area contributed by atoms with Crippen molar-refractivity contribution in [1.29, 1.82) is 0 Å². The van der Waals surface area contributed by atoms with E-state index in [0.717, 1.165) is 12.8 Å². The molecular formula is C21H24FN3O3. The largest absolute Gasteiger partial charge is 0.494 e. The second-order valence-corrected chi connectivity index (χ2v) is 6.84. The zero-order valence-corrected chi connectivity index (χ0v) is 15.9. The Morgan fingerprint density at radius 2 is 1.96 bits per heavy atom. The molecule has 2 aromatic rings. The van der Waals surface area contributed by atoms with Crippen LogP contribution < -0.4 is 20.7 Å². The number of hydrogen-bond donors (Lipinski definition) is 3. The summed E-state index contributed by atoms with van der Waals surface area (Å²) in [6, 6.07) is 11.6. The number of methoxy groups -OCH3 is 1. The Hall–Kier alpha value is -2.93. The Balaban J connectivity index is 1.57. The van der Waals surface area contributed by atoms with E-state index >= 15 is 0 Å². The van der Waals surface area contributed by atoms with Crippen LogP contribution in [-0.4, -0.2) is 31.5 Å². The van der Waals surface area contributed by atoms with E-state index in [0.29, 0.717) is 16.8 Å². The molecule has 0 bridgehead atoms. The van der Waals surface area contributed by atoms with Gasteiger partial charge in [-0.25, -0.2) is 4.39 Å². The van der Waals surface area contributed by atoms with Gasteiger partial charge in [-0.3, -0.25) is 9.59 Å². The van der Waals surface area contributed by atoms with Crippen LogP contribution >= 0.6 is 0 Å². The lowest BCUT2D eigenvalue weighted by atomic mass is 10.1. The minimum atomic E-state index is -0.450. The highest BCUT2D eigenvalue weighted by Gasteiger charge is 2.25. The van der Waals surface area contributed by atoms with Crippen LogP contribution in [0.2, 0.25) is 0 Å². The summed E-state index contributed by atoms with van der Waals surface area (Å²) in [6.07, 6.45) is 1.99. The molecule has 1 atom stereocenters. The molecule has 1 fully saturated rings. The highest BCUT2D eigenvalue weighted by atomic mass is 19.1. The van der Waals surface area contributed by atoms with Crippen LogP contribution in [0.4, 0.5) is 10.1 Å². The molecule has 7 heteroatoms. The molecule has 0 spiro atoms. The molecule has 28 heavy (non-hydrogen) atoms. The van der Waals surface area contributed by atoms with Crippen LogP contribution in [0, 0.1) is 5.82 Å². The Morgan fingerprint density at radius 3 is 2.64 bits per heavy atom. The molecular weight excluding hydrogens is 361 g/mol. The van der Waals surface area contributed by atoms with Gasteiger partial charge in [-0.2, -0.15) is 0 Å². The van der Waals surface area contributed by atoms with Crippen molar-refractivity contribution in [2.45, 2.75) is 31.8 Å². The van der Waals surface area contributed by atoms with Gasteiger partial charge in [0.05, 0.1) is 24.9 Å². The second-order valence-electron chi connectivity index (χ2n) is 6.84. The average molecular weight is 385 g/mol. The lowest BCUT2D eigenvalue weighted by Gasteiger charge is -2.16. The summed E-state index contributed by atoms with van der Waals surface area (Å²) in [7, 11) is 1.41. The normalized spacial score (nSPS) is 14.2. The summed E-state index contributed by atoms with van der Waals surface area (Å²) < 4.78 is 18.8. The van der Waals surface area contributed by atoms with Gasteiger partial charge in [0.2, 0.25) is 5.91 Å². The van der Waals surface area contributed by atoms with E-state index in [9.17, 15) is 14.0 Å². The molecule has 0 aromatic heterocycles. The van der Waals surface area contributed by atoms with Crippen molar-refractivity contribution in [2.24, 2.45) is 0 Å². The first kappa shape index (κ1) is 19.8. The SMILES string of the molecule is COc1ccc([C@H](C)NCC(=O)Nc2ccccc2C(=O)NC2CC2)cc1F. The van der Waals surface area contributed by atoms with Crippen LogP contribution in [0.3, 0.4) is 0 Å². The smallest absolute Gasteiger partial charge is 0.253 e. The topological polar surface area (TPSA) is 79.5 Å². The molecule has 0 unspecified atom stereocenters. The van der Waals surface area contributed by atoms with Gasteiger partial charge in [-0.1, -0.05) is 18.2 Å². The Kier molecular flexibility index (Phi) is 6.26. The monoisotopic (exact) mass is 385 g/mol. The van der Waals surface area contributed by atoms with E-state index in [2.05, 4.69) is 16.0 Å². The zero-order valence-electron chi connectivity index (χ0n) is 15.9. The lowest BCUT2D eigenvalue weighted by Crippen LogP contribution is -2.31. The van der Waals surface area contributed by atoms with Crippen molar-refractivity contribution < 1.29 is 18.7 Å². The van der Waals surface area contributed by atoms with Crippen LogP contribution in [0.5, 0.6) is 5.75 Å². The maximum absolute atomic E-state index is 13.8. The first-order chi connectivity index (χ1) is 13.5. The average Bonchev–Trinajstić information content (AvgIpc) is 3.50. The van der Waals surface area contributed by atoms with Gasteiger partial charge in [0.1, 0.15) is 0 Å². The molecule has 6 nitrogen and oxygen atoms in total. The number of hydrogen-bond acceptors (Lipinski definition) is 4. The highest BCUT2D eigenvalue weighted by molar-refractivity contribution is 6.04. The van der Waals surface area contributed by atoms with Gasteiger partial charge in [-0.15, -0.1) is 0 Å². The number of carbonyl (C=O) groups is 2. The Labute approximate surface area is 163 Å². The Morgan fingerprint density at radius 1 is 1.21 bits per heavy atom. The predicted octanol–water partition coefficient (Wildman–Crippen LogP) is 3.02. The van der Waals surface area contributed by atoms with E-state index in [1.165, 1.54) is 13.2 Å². The quantitative estimate of drug-likeness (QED) is 0.653. The fourth-order valence-electron chi connectivity index (χ4n) is 2.79. The molecule has 3 N–H and O–H groups in total. The van der Waals surface area contributed by atoms with E-state index in [1.54, 1.807) is 36.4 Å². The zero-order chi connectivity index (χ0) is 20.1. The summed E-state index contributed by atoms with van der Waals surface area (Å²) in [4.78, 5) is 24.6. The van der Waals surface area contributed by atoms with Crippen molar-refractivity contribution >= 4 is 17.5 Å². The molecule has 0 saturated heterocycles. The van der Waals surface area contributed by atoms with Gasteiger partial charge in [0.15, 0.2) is 11.6 Å². The maximum atomic E-state index is 13.8. The first-order valence-electron chi connectivity index (χ1n) is 9.24. The molecule has 1 aliphatic carbocycles. The van der Waals surface area contributed by atoms with Crippen molar-refractivity contribution in [3.8, 4) is 5.75 Å². The molecule has 0 aliphatic heterocycles. The Bertz CT molecular complexity index is 868. The summed E-state index contributed by atoms with van der Waals surface area (Å²) in [5, 5.41) is 8.74. The second kappa shape index (κ2) is 8.84. The van der Waals surface area contributed by atoms with E-state index in [4.69, 9.17) is 4.74 Å². The summed E-state index contributed by atoms with van der Waals surface area (Å²) in [5.41, 5.74) is 1.61. The maximum Gasteiger partial charge on any atom is 0.253 e. The molecule has 1 aliphatic rings. The molecule has 0 heterocycles. The van der Waals surface area contributed by atoms with Crippen molar-refractivity contribution in [3.05, 3.63) is 59.4 Å². The highest BCUT2D eigenvalue weighted by Crippen LogP contribution is 2.23. The summed E-state index contributed by atoms with van der Waals surface area (Å²) in [5.74, 6) is -0.746. The number of nitrogens with one attached hydrogen (secondary N) is 3. The predicted molar refractivity (Wildman–Crippen MR) is 105 cm³/mol. The van der Waals surface area contributed by atoms with Gasteiger partial charge < -0.3 is 20.7 Å². The van der Waals surface area contributed by atoms with Gasteiger partial charge in [-0.05, 0) is 49.6 Å². The molecule has 1 saturated carbocycles. The van der Waals surface area contributed by atoms with Crippen LogP contribution in [0.25, 0.3) is 0 Å². The number of carbonyl (C=O) groups excluding carboxylic acids is 2. The first-order valence-corrected chi connectivity index (χ1v) is 9.24. The number of rotatable bonds is 8. The van der Waals surface area contributed by atoms with Crippen molar-refractivity contribution in [2.75, 3.05) is 19.0 Å². The van der Waals surface area contributed by atoms with Crippen LogP contribution in [-0.2, 0) is 4.79 Å². The standard InChI is InChI=1S/C21H24FN3O3/c1-13(14-7-10-19(28-2)17(22)11-14)23-12-20(26)25-18-6-4-3-5-16(18)21(27)24-15-8-9-15/h3-7,10-11,13,15,23H,8-9,12H2,1-2H3,(H,24,27)(H,25,26)/t13-/m0/s1. The molecule has 0 radical (unpaired) electrons. The minimum absolute atomic E-state index is 0.0212. The van der Waals surface area contributed by atoms with Crippen molar-refractivity contribution in [3.63, 3.8) is 0 Å². The summed E-state index contributed by atoms with van der Waals surface area (Å²) >= 11 is 0. The molecule has 3 rings (SSSR count). The third-order valence-electron chi connectivity index (χ3n) is 4.60.